The summed E-state index contributed by atoms with van der Waals surface area (Å²) in [6.45, 7) is 4.83. The van der Waals surface area contributed by atoms with E-state index >= 15 is 0 Å². The van der Waals surface area contributed by atoms with Gasteiger partial charge in [0, 0.05) is 61.2 Å². The Morgan fingerprint density at radius 2 is 1.02 bits per heavy atom. The van der Waals surface area contributed by atoms with Gasteiger partial charge in [-0.3, -0.25) is 24.2 Å². The lowest BCUT2D eigenvalue weighted by atomic mass is 9.90. The van der Waals surface area contributed by atoms with Crippen molar-refractivity contribution in [3.8, 4) is 50.6 Å². The lowest BCUT2D eigenvalue weighted by Gasteiger charge is -2.41. The van der Waals surface area contributed by atoms with Crippen molar-refractivity contribution in [1.82, 2.24) is 15.1 Å². The number of benzene rings is 7. The molecule has 16 heteroatoms. The molecular formula is C77H80F3N3O9S. The van der Waals surface area contributed by atoms with E-state index in [1.807, 2.05) is 48.5 Å². The van der Waals surface area contributed by atoms with Crippen LogP contribution in [0.5, 0.6) is 17.2 Å². The molecule has 2 saturated heterocycles. The van der Waals surface area contributed by atoms with Gasteiger partial charge in [0.15, 0.2) is 0 Å². The second-order valence-corrected chi connectivity index (χ2v) is 26.7. The van der Waals surface area contributed by atoms with Crippen LogP contribution in [0.4, 0.5) is 13.2 Å². The highest BCUT2D eigenvalue weighted by atomic mass is 32.1. The van der Waals surface area contributed by atoms with Crippen LogP contribution in [0.15, 0.2) is 170 Å². The lowest BCUT2D eigenvalue weighted by molar-refractivity contribution is -0.149. The SMILES string of the molecule is O=C(O)C1CN(C2CCc3cc(-c4ccc(OCC5CCCCC5)cc4)ccc32)C1.O=C(O)C1CN(C2CCc3cc(-c4ccc(OCc5ccccc5)cc4)ccc32)C1.O=C(O)CCCNC1CCc2cc(OCc3cc(-c4ccccc4)c(C(F)(F)F)s3)ccc21. The van der Waals surface area contributed by atoms with E-state index in [-0.39, 0.29) is 36.5 Å². The monoisotopic (exact) mass is 1280 g/mol. The van der Waals surface area contributed by atoms with Crippen LogP contribution >= 0.6 is 11.3 Å². The van der Waals surface area contributed by atoms with E-state index in [9.17, 15) is 27.6 Å². The van der Waals surface area contributed by atoms with Gasteiger partial charge in [-0.2, -0.15) is 13.2 Å². The fraction of sp³-hybridized carbons (Fsp3) is 0.364. The Hall–Kier alpha value is -8.28. The first kappa shape index (κ1) is 64.8. The topological polar surface area (TPSA) is 158 Å². The number of fused-ring (bicyclic) bond motifs is 3. The summed E-state index contributed by atoms with van der Waals surface area (Å²) >= 11 is 0.718. The van der Waals surface area contributed by atoms with E-state index in [2.05, 4.69) is 100 Å². The zero-order chi connectivity index (χ0) is 64.4. The molecule has 0 bridgehead atoms. The second-order valence-electron chi connectivity index (χ2n) is 25.6. The largest absolute Gasteiger partial charge is 0.493 e. The van der Waals surface area contributed by atoms with Gasteiger partial charge in [-0.05, 0) is 179 Å². The number of nitrogens with one attached hydrogen (secondary N) is 1. The molecule has 1 saturated carbocycles. The van der Waals surface area contributed by atoms with E-state index in [1.165, 1.54) is 82.2 Å². The van der Waals surface area contributed by atoms with Gasteiger partial charge in [0.05, 0.1) is 18.4 Å². The molecule has 4 aliphatic carbocycles. The minimum atomic E-state index is -4.42. The van der Waals surface area contributed by atoms with Crippen LogP contribution in [-0.4, -0.2) is 82.4 Å². The summed E-state index contributed by atoms with van der Waals surface area (Å²) in [6, 6.07) is 57.3. The van der Waals surface area contributed by atoms with Crippen molar-refractivity contribution >= 4 is 29.2 Å². The zero-order valence-electron chi connectivity index (χ0n) is 52.2. The molecule has 4 N–H and O–H groups in total. The Balaban J connectivity index is 0.000000134. The van der Waals surface area contributed by atoms with Crippen molar-refractivity contribution < 1.29 is 57.1 Å². The number of carboxylic acid groups (broad SMARTS) is 3. The molecule has 0 spiro atoms. The maximum absolute atomic E-state index is 13.6. The van der Waals surface area contributed by atoms with Crippen molar-refractivity contribution in [3.05, 3.63) is 219 Å². The second kappa shape index (κ2) is 29.8. The highest BCUT2D eigenvalue weighted by Gasteiger charge is 2.41. The van der Waals surface area contributed by atoms with E-state index in [1.54, 1.807) is 36.4 Å². The molecule has 14 rings (SSSR count). The predicted molar refractivity (Wildman–Crippen MR) is 356 cm³/mol. The van der Waals surface area contributed by atoms with Crippen molar-refractivity contribution in [2.45, 2.75) is 121 Å². The van der Waals surface area contributed by atoms with Gasteiger partial charge >= 0.3 is 24.1 Å². The number of carbonyl (C=O) groups is 3. The van der Waals surface area contributed by atoms with Gasteiger partial charge in [0.1, 0.15) is 35.3 Å². The first-order chi connectivity index (χ1) is 45.1. The van der Waals surface area contributed by atoms with Crippen molar-refractivity contribution in [1.29, 1.82) is 0 Å². The van der Waals surface area contributed by atoms with Gasteiger partial charge < -0.3 is 34.8 Å². The summed E-state index contributed by atoms with van der Waals surface area (Å²) < 4.78 is 58.5. The maximum Gasteiger partial charge on any atom is 0.426 e. The summed E-state index contributed by atoms with van der Waals surface area (Å²) in [5, 5.41) is 30.4. The maximum atomic E-state index is 13.6. The Bertz CT molecular complexity index is 3840. The van der Waals surface area contributed by atoms with Gasteiger partial charge in [-0.25, -0.2) is 0 Å². The number of halogens is 3. The molecule has 3 fully saturated rings. The van der Waals surface area contributed by atoms with Gasteiger partial charge in [-0.15, -0.1) is 11.3 Å². The first-order valence-corrected chi connectivity index (χ1v) is 33.6. The molecular weight excluding hydrogens is 1200 g/mol. The lowest BCUT2D eigenvalue weighted by Crippen LogP contribution is -2.51. The number of carboxylic acids is 3. The number of likely N-dealkylation sites (tertiary alicyclic amines) is 2. The van der Waals surface area contributed by atoms with E-state index in [0.29, 0.717) is 74.0 Å². The highest BCUT2D eigenvalue weighted by molar-refractivity contribution is 7.12. The summed E-state index contributed by atoms with van der Waals surface area (Å²) in [5.41, 5.74) is 14.6. The molecule has 12 nitrogen and oxygen atoms in total. The molecule has 93 heavy (non-hydrogen) atoms. The number of rotatable bonds is 21. The summed E-state index contributed by atoms with van der Waals surface area (Å²) in [4.78, 5) is 37.4. The number of hydrogen-bond donors (Lipinski definition) is 4. The Morgan fingerprint density at radius 1 is 0.516 bits per heavy atom. The zero-order valence-corrected chi connectivity index (χ0v) is 53.0. The summed E-state index contributed by atoms with van der Waals surface area (Å²) in [6.07, 6.45) is 9.10. The molecule has 2 aliphatic heterocycles. The van der Waals surface area contributed by atoms with Crippen LogP contribution in [0.1, 0.15) is 131 Å². The number of aryl methyl sites for hydroxylation is 3. The Morgan fingerprint density at radius 3 is 1.58 bits per heavy atom. The Labute approximate surface area is 546 Å². The van der Waals surface area contributed by atoms with Crippen molar-refractivity contribution in [2.75, 3.05) is 39.3 Å². The molecule has 7 aromatic carbocycles. The number of nitrogens with zero attached hydrogens (tertiary/aromatic N) is 2. The molecule has 3 atom stereocenters. The highest BCUT2D eigenvalue weighted by Crippen LogP contribution is 2.45. The standard InChI is InChI=1S/C26H31NO3.C26H25NO3.C25H24F3NO3S/c2*28-26(29)22-15-27(16-22)25-13-9-21-14-20(8-12-24(21)25)19-6-10-23(11-7-19)30-17-18-4-2-1-3-5-18;26-25(27,28)24-21(16-5-2-1-3-6-16)14-19(33-24)15-32-18-9-10-20-17(13-18)8-11-22(20)29-12-4-7-23(30)31/h6-8,10-12,14,18,22,25H,1-5,9,13,15-17H2,(H,28,29);1-8,10-12,14,22,25H,9,13,15-17H2,(H,28,29);1-3,5-6,9-10,13-14,22,29H,4,7-8,11-12,15H2,(H,30,31). The quantitative estimate of drug-likeness (QED) is 0.0506. The van der Waals surface area contributed by atoms with E-state index in [4.69, 9.17) is 29.5 Å². The third-order valence-electron chi connectivity index (χ3n) is 19.3. The van der Waals surface area contributed by atoms with Gasteiger partial charge in [0.2, 0.25) is 0 Å². The van der Waals surface area contributed by atoms with Crippen LogP contribution in [0, 0.1) is 17.8 Å². The molecule has 484 valence electrons. The molecule has 6 aliphatic rings. The van der Waals surface area contributed by atoms with Crippen LogP contribution < -0.4 is 19.5 Å². The minimum absolute atomic E-state index is 0.0657. The van der Waals surface area contributed by atoms with Gasteiger partial charge in [-0.1, -0.05) is 147 Å². The number of thiophene rings is 1. The predicted octanol–water partition coefficient (Wildman–Crippen LogP) is 16.7. The van der Waals surface area contributed by atoms with Crippen LogP contribution in [0.2, 0.25) is 0 Å². The van der Waals surface area contributed by atoms with Crippen molar-refractivity contribution in [3.63, 3.8) is 0 Å². The molecule has 0 radical (unpaired) electrons. The molecule has 1 aromatic heterocycles. The minimum Gasteiger partial charge on any atom is -0.493 e. The van der Waals surface area contributed by atoms with E-state index in [0.717, 1.165) is 85.0 Å². The fourth-order valence-electron chi connectivity index (χ4n) is 14.1. The molecule has 3 heterocycles. The number of alkyl halides is 3. The normalized spacial score (nSPS) is 18.7. The number of ether oxygens (including phenoxy) is 3. The first-order valence-electron chi connectivity index (χ1n) is 32.8. The average Bonchev–Trinajstić information content (AvgIpc) is 1.81. The van der Waals surface area contributed by atoms with Gasteiger partial charge in [0.25, 0.3) is 0 Å². The summed E-state index contributed by atoms with van der Waals surface area (Å²) in [7, 11) is 0. The van der Waals surface area contributed by atoms with Crippen LogP contribution in [0.3, 0.4) is 0 Å². The number of hydrogen-bond acceptors (Lipinski definition) is 10. The van der Waals surface area contributed by atoms with Crippen LogP contribution in [-0.2, 0) is 53.0 Å². The number of aliphatic carboxylic acids is 3. The van der Waals surface area contributed by atoms with E-state index < -0.39 is 29.0 Å². The molecule has 8 aromatic rings. The fourth-order valence-corrected chi connectivity index (χ4v) is 15.0. The Kier molecular flexibility index (Phi) is 20.7. The summed E-state index contributed by atoms with van der Waals surface area (Å²) in [5.74, 6) is 0.675. The van der Waals surface area contributed by atoms with Crippen molar-refractivity contribution in [2.24, 2.45) is 17.8 Å². The smallest absolute Gasteiger partial charge is 0.426 e. The van der Waals surface area contributed by atoms with Crippen LogP contribution in [0.25, 0.3) is 33.4 Å². The third-order valence-corrected chi connectivity index (χ3v) is 20.4. The third kappa shape index (κ3) is 16.2. The molecule has 3 unspecified atom stereocenters. The molecule has 0 amide bonds. The average molecular weight is 1280 g/mol.